The first-order valence-electron chi connectivity index (χ1n) is 8.62. The van der Waals surface area contributed by atoms with Crippen LogP contribution in [0.15, 0.2) is 53.7 Å². The first kappa shape index (κ1) is 19.6. The molecule has 1 amide bonds. The molecular weight excluding hydrogens is 376 g/mol. The van der Waals surface area contributed by atoms with Crippen LogP contribution >= 0.6 is 11.8 Å². The molecule has 28 heavy (non-hydrogen) atoms. The fourth-order valence-electron chi connectivity index (χ4n) is 2.52. The average molecular weight is 396 g/mol. The number of nitrogens with one attached hydrogen (secondary N) is 1. The van der Waals surface area contributed by atoms with Gasteiger partial charge in [0.15, 0.2) is 16.8 Å². The predicted octanol–water partition coefficient (Wildman–Crippen LogP) is 3.51. The van der Waals surface area contributed by atoms with Gasteiger partial charge in [-0.25, -0.2) is 0 Å². The Morgan fingerprint density at radius 2 is 1.71 bits per heavy atom. The standard InChI is InChI=1S/C20H20N4O3S/c1-12(25)14-4-8-16(9-5-14)21-19(27)13(2)28-20-23-22-18(24(20)3)15-6-10-17(26)11-7-15/h4-11,13,26H,1-3H3,(H,21,27)/t13-/m1/s1. The Labute approximate surface area is 166 Å². The third-order valence-electron chi connectivity index (χ3n) is 4.17. The number of carbonyl (C=O) groups is 2. The molecule has 0 spiro atoms. The van der Waals surface area contributed by atoms with Gasteiger partial charge in [0, 0.05) is 23.9 Å². The number of benzene rings is 2. The van der Waals surface area contributed by atoms with Gasteiger partial charge in [-0.1, -0.05) is 11.8 Å². The maximum Gasteiger partial charge on any atom is 0.237 e. The quantitative estimate of drug-likeness (QED) is 0.489. The molecule has 2 N–H and O–H groups in total. The second kappa shape index (κ2) is 8.26. The lowest BCUT2D eigenvalue weighted by atomic mass is 10.1. The maximum atomic E-state index is 12.5. The minimum absolute atomic E-state index is 0.0199. The third-order valence-corrected chi connectivity index (χ3v) is 5.30. The van der Waals surface area contributed by atoms with E-state index in [1.54, 1.807) is 55.5 Å². The van der Waals surface area contributed by atoms with Crippen LogP contribution < -0.4 is 5.32 Å². The number of nitrogens with zero attached hydrogens (tertiary/aromatic N) is 3. The number of hydrogen-bond acceptors (Lipinski definition) is 6. The number of ketones is 1. The van der Waals surface area contributed by atoms with E-state index in [9.17, 15) is 14.7 Å². The minimum atomic E-state index is -0.400. The minimum Gasteiger partial charge on any atom is -0.508 e. The summed E-state index contributed by atoms with van der Waals surface area (Å²) in [7, 11) is 1.83. The molecule has 0 unspecified atom stereocenters. The summed E-state index contributed by atoms with van der Waals surface area (Å²) in [6.45, 7) is 3.29. The number of anilines is 1. The van der Waals surface area contributed by atoms with Crippen molar-refractivity contribution in [3.05, 3.63) is 54.1 Å². The Hall–Kier alpha value is -3.13. The van der Waals surface area contributed by atoms with Crippen LogP contribution in [0.1, 0.15) is 24.2 Å². The molecule has 0 aliphatic carbocycles. The normalized spacial score (nSPS) is 11.8. The van der Waals surface area contributed by atoms with Gasteiger partial charge in [-0.3, -0.25) is 9.59 Å². The number of thioether (sulfide) groups is 1. The number of aromatic nitrogens is 3. The van der Waals surface area contributed by atoms with E-state index in [1.807, 2.05) is 11.6 Å². The van der Waals surface area contributed by atoms with Gasteiger partial charge in [-0.15, -0.1) is 10.2 Å². The van der Waals surface area contributed by atoms with E-state index in [0.717, 1.165) is 5.56 Å². The molecule has 0 aliphatic heterocycles. The number of phenolic OH excluding ortho intramolecular Hbond substituents is 1. The van der Waals surface area contributed by atoms with Crippen LogP contribution in [0.5, 0.6) is 5.75 Å². The van der Waals surface area contributed by atoms with E-state index in [0.29, 0.717) is 22.2 Å². The van der Waals surface area contributed by atoms with E-state index in [4.69, 9.17) is 0 Å². The van der Waals surface area contributed by atoms with Crippen LogP contribution in [0.2, 0.25) is 0 Å². The molecule has 3 rings (SSSR count). The molecule has 1 atom stereocenters. The molecule has 0 fully saturated rings. The second-order valence-corrected chi connectivity index (χ2v) is 7.60. The number of aromatic hydroxyl groups is 1. The van der Waals surface area contributed by atoms with Crippen LogP contribution in [-0.4, -0.2) is 36.8 Å². The van der Waals surface area contributed by atoms with Gasteiger partial charge in [-0.2, -0.15) is 0 Å². The van der Waals surface area contributed by atoms with E-state index in [2.05, 4.69) is 15.5 Å². The van der Waals surface area contributed by atoms with Crippen molar-refractivity contribution in [2.75, 3.05) is 5.32 Å². The van der Waals surface area contributed by atoms with Gasteiger partial charge in [-0.05, 0) is 62.4 Å². The predicted molar refractivity (Wildman–Crippen MR) is 108 cm³/mol. The zero-order valence-corrected chi connectivity index (χ0v) is 16.5. The zero-order valence-electron chi connectivity index (χ0n) is 15.7. The van der Waals surface area contributed by atoms with Gasteiger partial charge in [0.2, 0.25) is 5.91 Å². The van der Waals surface area contributed by atoms with Crippen molar-refractivity contribution in [1.82, 2.24) is 14.8 Å². The summed E-state index contributed by atoms with van der Waals surface area (Å²) >= 11 is 1.30. The SMILES string of the molecule is CC(=O)c1ccc(NC(=O)[C@@H](C)Sc2nnc(-c3ccc(O)cc3)n2C)cc1. The Bertz CT molecular complexity index is 997. The van der Waals surface area contributed by atoms with Gasteiger partial charge in [0.1, 0.15) is 5.75 Å². The number of Topliss-reactive ketones (excluding diaryl/α,β-unsaturated/α-hetero) is 1. The van der Waals surface area contributed by atoms with E-state index < -0.39 is 5.25 Å². The fourth-order valence-corrected chi connectivity index (χ4v) is 3.34. The van der Waals surface area contributed by atoms with Crippen LogP contribution in [-0.2, 0) is 11.8 Å². The molecule has 3 aromatic rings. The summed E-state index contributed by atoms with van der Waals surface area (Å²) < 4.78 is 1.81. The Balaban J connectivity index is 1.67. The maximum absolute atomic E-state index is 12.5. The molecule has 7 nitrogen and oxygen atoms in total. The number of phenols is 1. The zero-order chi connectivity index (χ0) is 20.3. The van der Waals surface area contributed by atoms with E-state index >= 15 is 0 Å². The monoisotopic (exact) mass is 396 g/mol. The lowest BCUT2D eigenvalue weighted by Crippen LogP contribution is -2.22. The van der Waals surface area contributed by atoms with Crippen molar-refractivity contribution in [2.45, 2.75) is 24.3 Å². The number of hydrogen-bond donors (Lipinski definition) is 2. The van der Waals surface area contributed by atoms with Crippen molar-refractivity contribution in [3.63, 3.8) is 0 Å². The van der Waals surface area contributed by atoms with Crippen molar-refractivity contribution < 1.29 is 14.7 Å². The molecule has 0 radical (unpaired) electrons. The van der Waals surface area contributed by atoms with Crippen LogP contribution in [0, 0.1) is 0 Å². The number of amides is 1. The molecular formula is C20H20N4O3S. The second-order valence-electron chi connectivity index (χ2n) is 6.29. The summed E-state index contributed by atoms with van der Waals surface area (Å²) in [6.07, 6.45) is 0. The summed E-state index contributed by atoms with van der Waals surface area (Å²) in [4.78, 5) is 23.8. The Morgan fingerprint density at radius 3 is 2.32 bits per heavy atom. The van der Waals surface area contributed by atoms with Gasteiger partial charge >= 0.3 is 0 Å². The highest BCUT2D eigenvalue weighted by Crippen LogP contribution is 2.27. The molecule has 0 bridgehead atoms. The fraction of sp³-hybridized carbons (Fsp3) is 0.200. The number of carbonyl (C=O) groups excluding carboxylic acids is 2. The molecule has 144 valence electrons. The van der Waals surface area contributed by atoms with Crippen molar-refractivity contribution >= 4 is 29.1 Å². The molecule has 1 heterocycles. The molecule has 0 aliphatic rings. The first-order valence-corrected chi connectivity index (χ1v) is 9.50. The lowest BCUT2D eigenvalue weighted by molar-refractivity contribution is -0.115. The molecule has 1 aromatic heterocycles. The highest BCUT2D eigenvalue weighted by Gasteiger charge is 2.19. The van der Waals surface area contributed by atoms with Crippen LogP contribution in [0.4, 0.5) is 5.69 Å². The van der Waals surface area contributed by atoms with Crippen molar-refractivity contribution in [3.8, 4) is 17.1 Å². The summed E-state index contributed by atoms with van der Waals surface area (Å²) in [5.74, 6) is 0.639. The van der Waals surface area contributed by atoms with Crippen LogP contribution in [0.25, 0.3) is 11.4 Å². The summed E-state index contributed by atoms with van der Waals surface area (Å²) in [5.41, 5.74) is 2.05. The van der Waals surface area contributed by atoms with Crippen molar-refractivity contribution in [1.29, 1.82) is 0 Å². The van der Waals surface area contributed by atoms with E-state index in [-0.39, 0.29) is 17.4 Å². The Morgan fingerprint density at radius 1 is 1.07 bits per heavy atom. The average Bonchev–Trinajstić information content (AvgIpc) is 3.03. The topological polar surface area (TPSA) is 97.1 Å². The smallest absolute Gasteiger partial charge is 0.237 e. The number of rotatable bonds is 6. The molecule has 2 aromatic carbocycles. The van der Waals surface area contributed by atoms with E-state index in [1.165, 1.54) is 18.7 Å². The highest BCUT2D eigenvalue weighted by molar-refractivity contribution is 8.00. The van der Waals surface area contributed by atoms with Gasteiger partial charge < -0.3 is 15.0 Å². The van der Waals surface area contributed by atoms with Gasteiger partial charge in [0.25, 0.3) is 0 Å². The first-order chi connectivity index (χ1) is 13.3. The highest BCUT2D eigenvalue weighted by atomic mass is 32.2. The lowest BCUT2D eigenvalue weighted by Gasteiger charge is -2.12. The molecule has 0 saturated carbocycles. The van der Waals surface area contributed by atoms with Crippen LogP contribution in [0.3, 0.4) is 0 Å². The third kappa shape index (κ3) is 4.40. The van der Waals surface area contributed by atoms with Crippen molar-refractivity contribution in [2.24, 2.45) is 7.05 Å². The largest absolute Gasteiger partial charge is 0.508 e. The summed E-state index contributed by atoms with van der Waals surface area (Å²) in [6, 6.07) is 13.5. The Kier molecular flexibility index (Phi) is 5.79. The molecule has 0 saturated heterocycles. The molecule has 8 heteroatoms. The van der Waals surface area contributed by atoms with Gasteiger partial charge in [0.05, 0.1) is 5.25 Å². The summed E-state index contributed by atoms with van der Waals surface area (Å²) in [5, 5.41) is 20.8.